The molecule has 0 amide bonds. The quantitative estimate of drug-likeness (QED) is 0.938. The van der Waals surface area contributed by atoms with E-state index in [-0.39, 0.29) is 0 Å². The molecule has 2 aromatic rings. The van der Waals surface area contributed by atoms with Gasteiger partial charge in [0.05, 0.1) is 23.1 Å². The van der Waals surface area contributed by atoms with Gasteiger partial charge in [0, 0.05) is 12.6 Å². The van der Waals surface area contributed by atoms with Gasteiger partial charge in [-0.1, -0.05) is 25.1 Å². The molecule has 1 N–H and O–H groups in total. The Morgan fingerprint density at radius 2 is 2.05 bits per heavy atom. The number of alkyl halides is 3. The minimum Gasteiger partial charge on any atom is -0.309 e. The summed E-state index contributed by atoms with van der Waals surface area (Å²) in [5, 5.41) is 10.9. The van der Waals surface area contributed by atoms with E-state index in [9.17, 15) is 13.2 Å². The Labute approximate surface area is 114 Å². The second kappa shape index (κ2) is 5.62. The average Bonchev–Trinajstić information content (AvgIpc) is 2.84. The molecule has 0 bridgehead atoms. The summed E-state index contributed by atoms with van der Waals surface area (Å²) < 4.78 is 39.3. The van der Waals surface area contributed by atoms with Crippen molar-refractivity contribution >= 4 is 0 Å². The van der Waals surface area contributed by atoms with Crippen molar-refractivity contribution in [3.8, 4) is 5.69 Å². The minimum absolute atomic E-state index is 0.300. The van der Waals surface area contributed by atoms with Crippen molar-refractivity contribution in [1.82, 2.24) is 20.3 Å². The summed E-state index contributed by atoms with van der Waals surface area (Å²) in [4.78, 5) is 0. The van der Waals surface area contributed by atoms with Crippen molar-refractivity contribution in [2.75, 3.05) is 0 Å². The van der Waals surface area contributed by atoms with E-state index in [1.54, 1.807) is 12.3 Å². The summed E-state index contributed by atoms with van der Waals surface area (Å²) in [6.07, 6.45) is -2.75. The molecule has 0 spiro atoms. The van der Waals surface area contributed by atoms with E-state index in [1.807, 2.05) is 13.8 Å². The molecule has 0 unspecified atom stereocenters. The van der Waals surface area contributed by atoms with Gasteiger partial charge in [-0.2, -0.15) is 13.2 Å². The van der Waals surface area contributed by atoms with Crippen LogP contribution in [0.5, 0.6) is 0 Å². The lowest BCUT2D eigenvalue weighted by Crippen LogP contribution is -2.21. The molecule has 0 atom stereocenters. The van der Waals surface area contributed by atoms with Gasteiger partial charge in [0.15, 0.2) is 0 Å². The molecular weight excluding hydrogens is 269 g/mol. The average molecular weight is 284 g/mol. The summed E-state index contributed by atoms with van der Waals surface area (Å²) in [5.74, 6) is 0. The van der Waals surface area contributed by atoms with Gasteiger partial charge in [0.25, 0.3) is 0 Å². The molecule has 0 aliphatic carbocycles. The Morgan fingerprint density at radius 1 is 1.30 bits per heavy atom. The smallest absolute Gasteiger partial charge is 0.309 e. The van der Waals surface area contributed by atoms with Gasteiger partial charge in [-0.25, -0.2) is 4.68 Å². The van der Waals surface area contributed by atoms with E-state index in [1.165, 1.54) is 10.7 Å². The maximum absolute atomic E-state index is 12.6. The first-order valence-corrected chi connectivity index (χ1v) is 6.18. The normalized spacial score (nSPS) is 12.1. The van der Waals surface area contributed by atoms with Gasteiger partial charge >= 0.3 is 6.18 Å². The Morgan fingerprint density at radius 3 is 2.70 bits per heavy atom. The molecule has 0 saturated carbocycles. The standard InChI is InChI=1S/C13H15F3N4/c1-9(2)17-7-11-8-20(19-18-11)12-5-3-4-10(6-12)13(14,15)16/h3-6,8-9,17H,7H2,1-2H3. The molecule has 108 valence electrons. The van der Waals surface area contributed by atoms with Crippen LogP contribution in [0.1, 0.15) is 25.1 Å². The predicted octanol–water partition coefficient (Wildman–Crippen LogP) is 2.78. The monoisotopic (exact) mass is 284 g/mol. The molecule has 1 heterocycles. The second-order valence-electron chi connectivity index (χ2n) is 4.74. The molecule has 1 aromatic heterocycles. The van der Waals surface area contributed by atoms with Crippen LogP contribution in [0.15, 0.2) is 30.5 Å². The SMILES string of the molecule is CC(C)NCc1cn(-c2cccc(C(F)(F)F)c2)nn1. The third kappa shape index (κ3) is 3.57. The van der Waals surface area contributed by atoms with Crippen molar-refractivity contribution in [1.29, 1.82) is 0 Å². The van der Waals surface area contributed by atoms with Gasteiger partial charge in [0.2, 0.25) is 0 Å². The number of nitrogens with zero attached hydrogens (tertiary/aromatic N) is 3. The fourth-order valence-corrected chi connectivity index (χ4v) is 1.64. The highest BCUT2D eigenvalue weighted by atomic mass is 19.4. The van der Waals surface area contributed by atoms with E-state index < -0.39 is 11.7 Å². The molecule has 0 aliphatic rings. The highest BCUT2D eigenvalue weighted by Gasteiger charge is 2.30. The van der Waals surface area contributed by atoms with Crippen LogP contribution >= 0.6 is 0 Å². The molecule has 0 fully saturated rings. The summed E-state index contributed by atoms with van der Waals surface area (Å²) >= 11 is 0. The minimum atomic E-state index is -4.36. The van der Waals surface area contributed by atoms with Crippen LogP contribution < -0.4 is 5.32 Å². The molecular formula is C13H15F3N4. The molecule has 4 nitrogen and oxygen atoms in total. The first-order chi connectivity index (χ1) is 9.36. The fraction of sp³-hybridized carbons (Fsp3) is 0.385. The second-order valence-corrected chi connectivity index (χ2v) is 4.74. The first kappa shape index (κ1) is 14.5. The van der Waals surface area contributed by atoms with Crippen molar-refractivity contribution in [3.63, 3.8) is 0 Å². The Balaban J connectivity index is 2.20. The summed E-state index contributed by atoms with van der Waals surface area (Å²) in [6, 6.07) is 5.29. The van der Waals surface area contributed by atoms with Crippen LogP contribution in [0.2, 0.25) is 0 Å². The summed E-state index contributed by atoms with van der Waals surface area (Å²) in [5.41, 5.74) is 0.312. The molecule has 1 aromatic carbocycles. The van der Waals surface area contributed by atoms with E-state index in [0.29, 0.717) is 24.0 Å². The van der Waals surface area contributed by atoms with Crippen LogP contribution in [0.4, 0.5) is 13.2 Å². The van der Waals surface area contributed by atoms with E-state index in [2.05, 4.69) is 15.6 Å². The van der Waals surface area contributed by atoms with Crippen LogP contribution in [0.25, 0.3) is 5.69 Å². The highest BCUT2D eigenvalue weighted by molar-refractivity contribution is 5.36. The number of hydrogen-bond acceptors (Lipinski definition) is 3. The number of halogens is 3. The summed E-state index contributed by atoms with van der Waals surface area (Å²) in [6.45, 7) is 4.52. The zero-order chi connectivity index (χ0) is 14.8. The third-order valence-corrected chi connectivity index (χ3v) is 2.67. The fourth-order valence-electron chi connectivity index (χ4n) is 1.64. The van der Waals surface area contributed by atoms with E-state index in [0.717, 1.165) is 12.1 Å². The highest BCUT2D eigenvalue weighted by Crippen LogP contribution is 2.30. The largest absolute Gasteiger partial charge is 0.416 e. The maximum Gasteiger partial charge on any atom is 0.416 e. The van der Waals surface area contributed by atoms with E-state index in [4.69, 9.17) is 0 Å². The Kier molecular flexibility index (Phi) is 4.08. The Hall–Kier alpha value is -1.89. The van der Waals surface area contributed by atoms with Crippen LogP contribution in [-0.2, 0) is 12.7 Å². The molecule has 0 saturated heterocycles. The number of aromatic nitrogens is 3. The number of benzene rings is 1. The van der Waals surface area contributed by atoms with E-state index >= 15 is 0 Å². The predicted molar refractivity (Wildman–Crippen MR) is 68.3 cm³/mol. The lowest BCUT2D eigenvalue weighted by atomic mass is 10.2. The Bertz CT molecular complexity index is 575. The maximum atomic E-state index is 12.6. The third-order valence-electron chi connectivity index (χ3n) is 2.67. The zero-order valence-corrected chi connectivity index (χ0v) is 11.1. The van der Waals surface area contributed by atoms with Gasteiger partial charge in [0.1, 0.15) is 0 Å². The molecule has 20 heavy (non-hydrogen) atoms. The topological polar surface area (TPSA) is 42.7 Å². The molecule has 2 rings (SSSR count). The first-order valence-electron chi connectivity index (χ1n) is 6.18. The van der Waals surface area contributed by atoms with Gasteiger partial charge in [-0.3, -0.25) is 0 Å². The lowest BCUT2D eigenvalue weighted by molar-refractivity contribution is -0.137. The molecule has 0 radical (unpaired) electrons. The van der Waals surface area contributed by atoms with Gasteiger partial charge in [-0.15, -0.1) is 5.10 Å². The number of nitrogens with one attached hydrogen (secondary N) is 1. The van der Waals surface area contributed by atoms with Crippen molar-refractivity contribution in [3.05, 3.63) is 41.7 Å². The number of rotatable bonds is 4. The van der Waals surface area contributed by atoms with Crippen molar-refractivity contribution < 1.29 is 13.2 Å². The molecule has 0 aliphatic heterocycles. The number of hydrogen-bond donors (Lipinski definition) is 1. The van der Waals surface area contributed by atoms with Crippen LogP contribution in [0, 0.1) is 0 Å². The van der Waals surface area contributed by atoms with Gasteiger partial charge < -0.3 is 5.32 Å². The molecule has 7 heteroatoms. The lowest BCUT2D eigenvalue weighted by Gasteiger charge is -2.08. The van der Waals surface area contributed by atoms with Crippen molar-refractivity contribution in [2.24, 2.45) is 0 Å². The van der Waals surface area contributed by atoms with Gasteiger partial charge in [-0.05, 0) is 18.2 Å². The zero-order valence-electron chi connectivity index (χ0n) is 11.1. The van der Waals surface area contributed by atoms with Crippen LogP contribution in [-0.4, -0.2) is 21.0 Å². The van der Waals surface area contributed by atoms with Crippen molar-refractivity contribution in [2.45, 2.75) is 32.6 Å². The summed E-state index contributed by atoms with van der Waals surface area (Å²) in [7, 11) is 0. The van der Waals surface area contributed by atoms with Crippen LogP contribution in [0.3, 0.4) is 0 Å².